The van der Waals surface area contributed by atoms with Gasteiger partial charge >= 0.3 is 0 Å². The summed E-state index contributed by atoms with van der Waals surface area (Å²) in [6.45, 7) is 7.73. The summed E-state index contributed by atoms with van der Waals surface area (Å²) in [7, 11) is 0. The fourth-order valence-corrected chi connectivity index (χ4v) is 2.98. The molecule has 3 heteroatoms. The van der Waals surface area contributed by atoms with Gasteiger partial charge in [-0.05, 0) is 37.4 Å². The van der Waals surface area contributed by atoms with Crippen LogP contribution in [0.3, 0.4) is 0 Å². The molecule has 19 heavy (non-hydrogen) atoms. The van der Waals surface area contributed by atoms with E-state index in [2.05, 4.69) is 26.1 Å². The second kappa shape index (κ2) is 9.38. The summed E-state index contributed by atoms with van der Waals surface area (Å²) in [6, 6.07) is 7.51. The summed E-state index contributed by atoms with van der Waals surface area (Å²) in [6.07, 6.45) is 3.51. The number of thioether (sulfide) groups is 1. The zero-order valence-corrected chi connectivity index (χ0v) is 13.1. The van der Waals surface area contributed by atoms with Crippen molar-refractivity contribution in [3.05, 3.63) is 30.1 Å². The molecule has 1 N–H and O–H groups in total. The molecule has 0 aromatic heterocycles. The van der Waals surface area contributed by atoms with Gasteiger partial charge in [-0.3, -0.25) is 0 Å². The molecule has 1 aromatic carbocycles. The van der Waals surface area contributed by atoms with Gasteiger partial charge in [-0.15, -0.1) is 11.8 Å². The minimum atomic E-state index is -0.106. The van der Waals surface area contributed by atoms with Crippen LogP contribution in [0.15, 0.2) is 29.2 Å². The van der Waals surface area contributed by atoms with E-state index in [0.29, 0.717) is 6.04 Å². The summed E-state index contributed by atoms with van der Waals surface area (Å²) < 4.78 is 13.6. The number of hydrogen-bond acceptors (Lipinski definition) is 2. The van der Waals surface area contributed by atoms with Crippen molar-refractivity contribution in [1.82, 2.24) is 5.32 Å². The Balaban J connectivity index is 2.49. The molecule has 1 nitrogen and oxygen atoms in total. The van der Waals surface area contributed by atoms with Gasteiger partial charge in [0.25, 0.3) is 0 Å². The highest BCUT2D eigenvalue weighted by Crippen LogP contribution is 2.23. The molecule has 0 bridgehead atoms. The lowest BCUT2D eigenvalue weighted by Crippen LogP contribution is -2.33. The van der Waals surface area contributed by atoms with Gasteiger partial charge in [-0.2, -0.15) is 0 Å². The van der Waals surface area contributed by atoms with Crippen molar-refractivity contribution in [2.24, 2.45) is 5.92 Å². The zero-order valence-electron chi connectivity index (χ0n) is 12.3. The van der Waals surface area contributed by atoms with Crippen molar-refractivity contribution < 1.29 is 4.39 Å². The number of halogens is 1. The van der Waals surface area contributed by atoms with E-state index in [1.807, 2.05) is 12.1 Å². The number of rotatable bonds is 9. The van der Waals surface area contributed by atoms with E-state index >= 15 is 0 Å². The molecule has 0 saturated carbocycles. The molecule has 1 aromatic rings. The molecule has 1 rings (SSSR count). The van der Waals surface area contributed by atoms with E-state index < -0.39 is 0 Å². The van der Waals surface area contributed by atoms with Crippen LogP contribution < -0.4 is 5.32 Å². The van der Waals surface area contributed by atoms with E-state index in [1.165, 1.54) is 12.5 Å². The molecular formula is C16H26FNS. The minimum absolute atomic E-state index is 0.106. The standard InChI is InChI=1S/C16H26FNS/c1-4-10-18-14(11-13(3)5-2)12-19-16-9-7-6-8-15(16)17/h6-9,13-14,18H,4-5,10-12H2,1-3H3. The van der Waals surface area contributed by atoms with E-state index in [-0.39, 0.29) is 5.82 Å². The van der Waals surface area contributed by atoms with Gasteiger partial charge in [0.05, 0.1) is 0 Å². The first-order chi connectivity index (χ1) is 9.17. The van der Waals surface area contributed by atoms with Gasteiger partial charge in [0.1, 0.15) is 5.82 Å². The van der Waals surface area contributed by atoms with Crippen LogP contribution in [0.1, 0.15) is 40.0 Å². The monoisotopic (exact) mass is 283 g/mol. The van der Waals surface area contributed by atoms with Gasteiger partial charge < -0.3 is 5.32 Å². The first-order valence-electron chi connectivity index (χ1n) is 7.28. The number of hydrogen-bond donors (Lipinski definition) is 1. The Hall–Kier alpha value is -0.540. The lowest BCUT2D eigenvalue weighted by molar-refractivity contribution is 0.417. The van der Waals surface area contributed by atoms with Crippen molar-refractivity contribution in [2.45, 2.75) is 51.0 Å². The largest absolute Gasteiger partial charge is 0.313 e. The van der Waals surface area contributed by atoms with Crippen LogP contribution in [-0.4, -0.2) is 18.3 Å². The SMILES string of the molecule is CCCNC(CSc1ccccc1F)CC(C)CC. The normalized spacial score (nSPS) is 14.3. The number of nitrogens with one attached hydrogen (secondary N) is 1. The molecule has 2 unspecified atom stereocenters. The molecule has 0 aliphatic carbocycles. The molecule has 0 radical (unpaired) electrons. The Labute approximate surface area is 121 Å². The third-order valence-electron chi connectivity index (χ3n) is 3.34. The van der Waals surface area contributed by atoms with Crippen LogP contribution in [0.5, 0.6) is 0 Å². The molecule has 0 fully saturated rings. The molecule has 0 heterocycles. The van der Waals surface area contributed by atoms with Crippen molar-refractivity contribution in [2.75, 3.05) is 12.3 Å². The molecule has 0 saturated heterocycles. The van der Waals surface area contributed by atoms with Crippen molar-refractivity contribution in [1.29, 1.82) is 0 Å². The van der Waals surface area contributed by atoms with Gasteiger partial charge in [0.15, 0.2) is 0 Å². The Bertz CT molecular complexity index is 356. The summed E-state index contributed by atoms with van der Waals surface area (Å²) in [5, 5.41) is 3.58. The average Bonchev–Trinajstić information content (AvgIpc) is 2.43. The first kappa shape index (κ1) is 16.5. The van der Waals surface area contributed by atoms with Crippen molar-refractivity contribution in [3.63, 3.8) is 0 Å². The molecule has 0 amide bonds. The van der Waals surface area contributed by atoms with Crippen LogP contribution in [0.25, 0.3) is 0 Å². The fourth-order valence-electron chi connectivity index (χ4n) is 1.96. The van der Waals surface area contributed by atoms with Crippen LogP contribution in [0.2, 0.25) is 0 Å². The highest BCUT2D eigenvalue weighted by molar-refractivity contribution is 7.99. The molecule has 0 aliphatic heterocycles. The second-order valence-electron chi connectivity index (χ2n) is 5.14. The molecule has 0 spiro atoms. The van der Waals surface area contributed by atoms with Crippen molar-refractivity contribution >= 4 is 11.8 Å². The maximum absolute atomic E-state index is 13.6. The Morgan fingerprint density at radius 2 is 2.00 bits per heavy atom. The molecular weight excluding hydrogens is 257 g/mol. The second-order valence-corrected chi connectivity index (χ2v) is 6.20. The molecule has 108 valence electrons. The summed E-state index contributed by atoms with van der Waals surface area (Å²) in [5.74, 6) is 1.55. The zero-order chi connectivity index (χ0) is 14.1. The van der Waals surface area contributed by atoms with E-state index in [1.54, 1.807) is 17.8 Å². The third-order valence-corrected chi connectivity index (χ3v) is 4.55. The third kappa shape index (κ3) is 6.44. The number of benzene rings is 1. The first-order valence-corrected chi connectivity index (χ1v) is 8.26. The quantitative estimate of drug-likeness (QED) is 0.658. The Kier molecular flexibility index (Phi) is 8.15. The van der Waals surface area contributed by atoms with Gasteiger partial charge in [0.2, 0.25) is 0 Å². The van der Waals surface area contributed by atoms with Crippen LogP contribution in [-0.2, 0) is 0 Å². The van der Waals surface area contributed by atoms with Crippen molar-refractivity contribution in [3.8, 4) is 0 Å². The summed E-state index contributed by atoms with van der Waals surface area (Å²) >= 11 is 1.62. The Morgan fingerprint density at radius 3 is 2.63 bits per heavy atom. The van der Waals surface area contributed by atoms with E-state index in [9.17, 15) is 4.39 Å². The fraction of sp³-hybridized carbons (Fsp3) is 0.625. The molecule has 0 aliphatic rings. The maximum atomic E-state index is 13.6. The topological polar surface area (TPSA) is 12.0 Å². The van der Waals surface area contributed by atoms with E-state index in [0.717, 1.165) is 36.0 Å². The van der Waals surface area contributed by atoms with Crippen LogP contribution in [0, 0.1) is 11.7 Å². The van der Waals surface area contributed by atoms with Crippen LogP contribution in [0.4, 0.5) is 4.39 Å². The van der Waals surface area contributed by atoms with Gasteiger partial charge in [-0.25, -0.2) is 4.39 Å². The average molecular weight is 283 g/mol. The predicted octanol–water partition coefficient (Wildman–Crippen LogP) is 4.72. The maximum Gasteiger partial charge on any atom is 0.136 e. The Morgan fingerprint density at radius 1 is 1.26 bits per heavy atom. The highest BCUT2D eigenvalue weighted by atomic mass is 32.2. The highest BCUT2D eigenvalue weighted by Gasteiger charge is 2.13. The smallest absolute Gasteiger partial charge is 0.136 e. The van der Waals surface area contributed by atoms with E-state index in [4.69, 9.17) is 0 Å². The molecule has 2 atom stereocenters. The summed E-state index contributed by atoms with van der Waals surface area (Å²) in [5.41, 5.74) is 0. The van der Waals surface area contributed by atoms with Gasteiger partial charge in [-0.1, -0.05) is 39.3 Å². The minimum Gasteiger partial charge on any atom is -0.313 e. The lowest BCUT2D eigenvalue weighted by Gasteiger charge is -2.21. The predicted molar refractivity (Wildman–Crippen MR) is 83.3 cm³/mol. The van der Waals surface area contributed by atoms with Gasteiger partial charge in [0, 0.05) is 16.7 Å². The lowest BCUT2D eigenvalue weighted by atomic mass is 10.0. The summed E-state index contributed by atoms with van der Waals surface area (Å²) in [4.78, 5) is 0.759. The van der Waals surface area contributed by atoms with Crippen LogP contribution >= 0.6 is 11.8 Å².